The molecule has 0 aromatic rings. The molecule has 0 bridgehead atoms. The second-order valence-electron chi connectivity index (χ2n) is 30.0. The van der Waals surface area contributed by atoms with Gasteiger partial charge in [0.1, 0.15) is 69.9 Å². The van der Waals surface area contributed by atoms with Gasteiger partial charge < -0.3 is 43.3 Å². The summed E-state index contributed by atoms with van der Waals surface area (Å²) in [7, 11) is 0. The van der Waals surface area contributed by atoms with Crippen molar-refractivity contribution in [2.75, 3.05) is 19.6 Å². The van der Waals surface area contributed by atoms with E-state index in [1.54, 1.807) is 150 Å². The molecule has 6 heterocycles. The third-order valence-electron chi connectivity index (χ3n) is 15.3. The first-order chi connectivity index (χ1) is 43.2. The third kappa shape index (κ3) is 25.3. The molecule has 0 spiro atoms. The van der Waals surface area contributed by atoms with Crippen LogP contribution in [0.4, 0.5) is 14.4 Å². The zero-order valence-electron chi connectivity index (χ0n) is 59.9. The van der Waals surface area contributed by atoms with Crippen molar-refractivity contribution in [3.05, 3.63) is 75.9 Å². The highest BCUT2D eigenvalue weighted by molar-refractivity contribution is 5.93. The first kappa shape index (κ1) is 82.6. The number of ether oxygens (including phenoxy) is 6. The van der Waals surface area contributed by atoms with E-state index in [-0.39, 0.29) is 59.7 Å². The Bertz CT molecular complexity index is 2510. The molecule has 12 atom stereocenters. The predicted molar refractivity (Wildman–Crippen MR) is 359 cm³/mol. The normalized spacial score (nSPS) is 25.8. The molecule has 6 aliphatic rings. The smallest absolute Gasteiger partial charge is 0.411 e. The van der Waals surface area contributed by atoms with Crippen LogP contribution in [0, 0.1) is 29.1 Å². The van der Waals surface area contributed by atoms with E-state index in [2.05, 4.69) is 44.8 Å². The van der Waals surface area contributed by atoms with Crippen LogP contribution in [0.1, 0.15) is 189 Å². The van der Waals surface area contributed by atoms with Crippen LogP contribution in [0.2, 0.25) is 0 Å². The third-order valence-corrected chi connectivity index (χ3v) is 15.3. The number of nitrogens with zero attached hydrogens (tertiary/aromatic N) is 6. The number of carbonyl (C=O) groups excluding carboxylic acids is 8. The van der Waals surface area contributed by atoms with Crippen LogP contribution < -0.4 is 5.32 Å². The Balaban J connectivity index is 0.000000439. The summed E-state index contributed by atoms with van der Waals surface area (Å²) >= 11 is 0. The Morgan fingerprint density at radius 3 is 0.957 bits per heavy atom. The Morgan fingerprint density at radius 1 is 0.415 bits per heavy atom. The lowest BCUT2D eigenvalue weighted by molar-refractivity contribution is -0.165. The number of hydrogen-bond acceptors (Lipinski definition) is 17. The summed E-state index contributed by atoms with van der Waals surface area (Å²) in [5.74, 6) is -3.25. The molecule has 23 nitrogen and oxygen atoms in total. The molecule has 6 fully saturated rings. The molecule has 2 N–H and O–H groups in total. The second-order valence-corrected chi connectivity index (χ2v) is 30.0. The summed E-state index contributed by atoms with van der Waals surface area (Å²) in [4.78, 5) is 121. The van der Waals surface area contributed by atoms with Gasteiger partial charge in [0.05, 0.1) is 18.2 Å². The van der Waals surface area contributed by atoms with Gasteiger partial charge in [0.15, 0.2) is 0 Å². The number of aliphatic carboxylic acids is 1. The van der Waals surface area contributed by atoms with E-state index < -0.39 is 100 Å². The minimum Gasteiger partial charge on any atom is -0.480 e. The molecule has 0 radical (unpaired) electrons. The number of carbonyl (C=O) groups is 9. The maximum atomic E-state index is 13.7. The molecule has 0 aromatic carbocycles. The van der Waals surface area contributed by atoms with E-state index in [4.69, 9.17) is 38.8 Å². The molecular formula is C71H113N7O16. The Hall–Kier alpha value is -7.48. The Labute approximate surface area is 560 Å². The highest BCUT2D eigenvalue weighted by atomic mass is 16.6. The van der Waals surface area contributed by atoms with Crippen LogP contribution in [0.5, 0.6) is 0 Å². The highest BCUT2D eigenvalue weighted by Gasteiger charge is 2.52. The molecule has 6 saturated heterocycles. The van der Waals surface area contributed by atoms with Gasteiger partial charge in [-0.25, -0.2) is 28.8 Å². The average molecular weight is 1320 g/mol. The lowest BCUT2D eigenvalue weighted by Gasteiger charge is -2.36. The number of esters is 3. The van der Waals surface area contributed by atoms with E-state index in [0.29, 0.717) is 64.6 Å². The fourth-order valence-corrected chi connectivity index (χ4v) is 11.5. The van der Waals surface area contributed by atoms with Gasteiger partial charge in [0, 0.05) is 50.4 Å². The topological polar surface area (TPSA) is 281 Å². The van der Waals surface area contributed by atoms with Crippen LogP contribution in [-0.4, -0.2) is 191 Å². The van der Waals surface area contributed by atoms with Gasteiger partial charge in [-0.2, -0.15) is 5.26 Å². The van der Waals surface area contributed by atoms with E-state index >= 15 is 0 Å². The van der Waals surface area contributed by atoms with Crippen molar-refractivity contribution in [3.8, 4) is 6.07 Å². The SMILES string of the molecule is C=C[C@@H]1CCN(C(=O)OC(C)(C)C)[C@H]1C(=O)N1[C@@H](C=C)CC[C@H]1C(=O)OC(C)(C)C.C=C[C@H]1CCN(C(=O)OC(C)(C)C)[C@@H]1C(=O)N1[C@@H](C=C)CC[C@H]1C(=O)OC(C)(C)C.C=C[C@H]1CCN(C(=O)OC(C)(C)C)[C@@H]1C(=O)O.C=C[C@H]1CC[C@@H](C(=O)OC(C)(C)C)N1.CC#N. The average Bonchev–Trinajstić information content (AvgIpc) is 1.59. The number of likely N-dealkylation sites (tertiary alicyclic amines) is 5. The van der Waals surface area contributed by atoms with Gasteiger partial charge in [-0.15, -0.1) is 39.5 Å². The van der Waals surface area contributed by atoms with Crippen molar-refractivity contribution in [1.29, 1.82) is 5.26 Å². The van der Waals surface area contributed by atoms with Crippen molar-refractivity contribution in [2.24, 2.45) is 17.8 Å². The summed E-state index contributed by atoms with van der Waals surface area (Å²) in [6, 6.07) is -2.52. The lowest BCUT2D eigenvalue weighted by atomic mass is 9.98. The summed E-state index contributed by atoms with van der Waals surface area (Å²) in [5, 5.41) is 19.6. The van der Waals surface area contributed by atoms with Crippen molar-refractivity contribution in [3.63, 3.8) is 0 Å². The zero-order valence-corrected chi connectivity index (χ0v) is 59.9. The number of amides is 5. The van der Waals surface area contributed by atoms with Gasteiger partial charge in [0.2, 0.25) is 11.8 Å². The summed E-state index contributed by atoms with van der Waals surface area (Å²) in [5.41, 5.74) is -3.67. The van der Waals surface area contributed by atoms with E-state index in [9.17, 15) is 43.2 Å². The Morgan fingerprint density at radius 2 is 0.702 bits per heavy atom. The minimum atomic E-state index is -1.02. The summed E-state index contributed by atoms with van der Waals surface area (Å²) < 4.78 is 32.6. The van der Waals surface area contributed by atoms with E-state index in [1.807, 2.05) is 26.8 Å². The van der Waals surface area contributed by atoms with Gasteiger partial charge >= 0.3 is 42.2 Å². The molecule has 0 aliphatic carbocycles. The quantitative estimate of drug-likeness (QED) is 0.104. The number of carboxylic acids is 1. The molecule has 6 aliphatic heterocycles. The number of carboxylic acid groups (broad SMARTS) is 1. The molecule has 6 rings (SSSR count). The molecule has 5 amide bonds. The molecule has 0 aromatic heterocycles. The first-order valence-electron chi connectivity index (χ1n) is 32.5. The number of hydrogen-bond donors (Lipinski definition) is 2. The second kappa shape index (κ2) is 34.8. The summed E-state index contributed by atoms with van der Waals surface area (Å²) in [6.07, 6.45) is 14.4. The largest absolute Gasteiger partial charge is 0.480 e. The Kier molecular flexibility index (Phi) is 30.6. The van der Waals surface area contributed by atoms with Gasteiger partial charge in [-0.05, 0) is 182 Å². The van der Waals surface area contributed by atoms with Gasteiger partial charge in [0.25, 0.3) is 0 Å². The van der Waals surface area contributed by atoms with Crippen LogP contribution in [0.15, 0.2) is 75.9 Å². The van der Waals surface area contributed by atoms with Crippen molar-refractivity contribution in [2.45, 2.75) is 277 Å². The number of nitrogens with one attached hydrogen (secondary N) is 1. The summed E-state index contributed by atoms with van der Waals surface area (Å²) in [6.45, 7) is 57.7. The van der Waals surface area contributed by atoms with Crippen molar-refractivity contribution in [1.82, 2.24) is 29.8 Å². The lowest BCUT2D eigenvalue weighted by Crippen LogP contribution is -2.55. The molecule has 0 saturated carbocycles. The maximum absolute atomic E-state index is 13.7. The fourth-order valence-electron chi connectivity index (χ4n) is 11.5. The number of rotatable bonds is 12. The number of nitriles is 1. The monoisotopic (exact) mass is 1320 g/mol. The molecule has 23 heteroatoms. The van der Waals surface area contributed by atoms with Crippen LogP contribution >= 0.6 is 0 Å². The van der Waals surface area contributed by atoms with Gasteiger partial charge in [-0.1, -0.05) is 36.5 Å². The van der Waals surface area contributed by atoms with Crippen LogP contribution in [-0.2, 0) is 57.2 Å². The first-order valence-corrected chi connectivity index (χ1v) is 32.5. The van der Waals surface area contributed by atoms with Crippen LogP contribution in [0.25, 0.3) is 0 Å². The molecule has 528 valence electrons. The zero-order chi connectivity index (χ0) is 72.4. The fraction of sp³-hybridized carbons (Fsp3) is 0.690. The standard InChI is InChI=1S/2C23H36N2O5.C12H19NO4.C11H19NO2.C2H3N/c2*1-9-15-13-14-24(21(28)30-23(6,7)8)18(15)19(26)25-16(10-2)11-12-17(25)20(27)29-22(3,4)5;1-5-8-6-7-13(9(8)10(14)15)11(16)17-12(2,3)4;1-5-8-6-7-9(12-8)10(13)14-11(2,3)4;1-2-3/h2*9-10,15-18H,1-2,11-14H2,3-8H3;5,8-9H,1,6-7H2,2-4H3,(H,14,15);5,8-9,12H,1,6-7H2,2-4H3;1H3/t15-,16+,17+,18-;15-,16-,17-,18-;2*8-,9-;/m1000./s1. The van der Waals surface area contributed by atoms with Crippen LogP contribution in [0.3, 0.4) is 0 Å². The molecule has 94 heavy (non-hydrogen) atoms. The highest BCUT2D eigenvalue weighted by Crippen LogP contribution is 2.37. The molecule has 0 unspecified atom stereocenters. The van der Waals surface area contributed by atoms with Gasteiger partial charge in [-0.3, -0.25) is 34.4 Å². The van der Waals surface area contributed by atoms with E-state index in [0.717, 1.165) is 12.8 Å². The maximum Gasteiger partial charge on any atom is 0.411 e. The minimum absolute atomic E-state index is 0.151. The van der Waals surface area contributed by atoms with Crippen molar-refractivity contribution >= 4 is 54.0 Å². The molecular weight excluding hydrogens is 1210 g/mol. The predicted octanol–water partition coefficient (Wildman–Crippen LogP) is 11.4. The van der Waals surface area contributed by atoms with Crippen molar-refractivity contribution < 1.29 is 76.7 Å². The van der Waals surface area contributed by atoms with E-state index in [1.165, 1.54) is 21.6 Å².